The number of carbonyl (C=O) groups excluding carboxylic acids is 1. The van der Waals surface area contributed by atoms with Crippen molar-refractivity contribution in [2.75, 3.05) is 6.54 Å². The summed E-state index contributed by atoms with van der Waals surface area (Å²) in [5, 5.41) is 13.8. The zero-order chi connectivity index (χ0) is 11.4. The fourth-order valence-corrected chi connectivity index (χ4v) is 1.47. The van der Waals surface area contributed by atoms with Gasteiger partial charge in [0, 0.05) is 11.4 Å². The second-order valence-electron chi connectivity index (χ2n) is 3.21. The molecule has 0 radical (unpaired) electrons. The van der Waals surface area contributed by atoms with Gasteiger partial charge in [-0.3, -0.25) is 9.59 Å². The molecule has 0 saturated heterocycles. The molecule has 0 unspecified atom stereocenters. The van der Waals surface area contributed by atoms with E-state index in [2.05, 4.69) is 9.59 Å². The lowest BCUT2D eigenvalue weighted by molar-refractivity contribution is -0.138. The number of aromatic nitrogens is 2. The Balaban J connectivity index is 2.81. The molecular formula is C8H11N3O3S. The molecule has 1 amide bonds. The van der Waals surface area contributed by atoms with Crippen molar-refractivity contribution in [2.45, 2.75) is 19.9 Å². The second-order valence-corrected chi connectivity index (χ2v) is 3.82. The number of carbonyl (C=O) groups is 2. The maximum absolute atomic E-state index is 11.7. The lowest BCUT2D eigenvalue weighted by Gasteiger charge is -2.23. The van der Waals surface area contributed by atoms with E-state index in [0.717, 1.165) is 11.5 Å². The minimum absolute atomic E-state index is 0.185. The molecule has 0 aliphatic heterocycles. The molecule has 0 spiro atoms. The van der Waals surface area contributed by atoms with Crippen molar-refractivity contribution in [2.24, 2.45) is 0 Å². The van der Waals surface area contributed by atoms with Crippen LogP contribution in [0.4, 0.5) is 0 Å². The zero-order valence-corrected chi connectivity index (χ0v) is 9.19. The molecule has 0 aliphatic carbocycles. The first-order valence-electron chi connectivity index (χ1n) is 4.32. The van der Waals surface area contributed by atoms with E-state index in [1.807, 2.05) is 0 Å². The summed E-state index contributed by atoms with van der Waals surface area (Å²) in [5.41, 5.74) is 0.190. The van der Waals surface area contributed by atoms with Crippen LogP contribution in [-0.4, -0.2) is 44.1 Å². The Hall–Kier alpha value is -1.50. The van der Waals surface area contributed by atoms with E-state index in [1.54, 1.807) is 13.8 Å². The van der Waals surface area contributed by atoms with Crippen LogP contribution >= 0.6 is 11.5 Å². The average Bonchev–Trinajstić information content (AvgIpc) is 2.65. The number of aliphatic carboxylic acids is 1. The summed E-state index contributed by atoms with van der Waals surface area (Å²) in [6, 6.07) is -0.185. The zero-order valence-electron chi connectivity index (χ0n) is 8.38. The SMILES string of the molecule is CC(C)N(CC(=O)O)C(=O)c1csnn1. The topological polar surface area (TPSA) is 83.4 Å². The van der Waals surface area contributed by atoms with E-state index in [0.29, 0.717) is 0 Å². The third kappa shape index (κ3) is 2.98. The highest BCUT2D eigenvalue weighted by molar-refractivity contribution is 7.03. The predicted molar refractivity (Wildman–Crippen MR) is 53.7 cm³/mol. The molecule has 1 aromatic rings. The molecule has 0 bridgehead atoms. The molecule has 7 heteroatoms. The second kappa shape index (κ2) is 4.83. The maximum Gasteiger partial charge on any atom is 0.323 e. The lowest BCUT2D eigenvalue weighted by atomic mass is 10.3. The molecule has 0 saturated carbocycles. The van der Waals surface area contributed by atoms with Gasteiger partial charge in [-0.15, -0.1) is 5.10 Å². The number of carboxylic acids is 1. The molecule has 82 valence electrons. The van der Waals surface area contributed by atoms with Crippen molar-refractivity contribution in [1.82, 2.24) is 14.5 Å². The highest BCUT2D eigenvalue weighted by Crippen LogP contribution is 2.06. The monoisotopic (exact) mass is 229 g/mol. The van der Waals surface area contributed by atoms with Crippen LogP contribution in [0.1, 0.15) is 24.3 Å². The smallest absolute Gasteiger partial charge is 0.323 e. The highest BCUT2D eigenvalue weighted by atomic mass is 32.1. The highest BCUT2D eigenvalue weighted by Gasteiger charge is 2.22. The molecule has 15 heavy (non-hydrogen) atoms. The van der Waals surface area contributed by atoms with Gasteiger partial charge in [-0.1, -0.05) is 4.49 Å². The fourth-order valence-electron chi connectivity index (χ4n) is 1.04. The Bertz CT molecular complexity index is 350. The van der Waals surface area contributed by atoms with Crippen molar-refractivity contribution in [3.63, 3.8) is 0 Å². The summed E-state index contributed by atoms with van der Waals surface area (Å²) < 4.78 is 3.56. The minimum Gasteiger partial charge on any atom is -0.480 e. The van der Waals surface area contributed by atoms with Crippen molar-refractivity contribution < 1.29 is 14.7 Å². The first-order chi connectivity index (χ1) is 7.02. The van der Waals surface area contributed by atoms with Crippen LogP contribution in [0.2, 0.25) is 0 Å². The number of hydrogen-bond acceptors (Lipinski definition) is 5. The van der Waals surface area contributed by atoms with E-state index in [1.165, 1.54) is 10.3 Å². The average molecular weight is 229 g/mol. The van der Waals surface area contributed by atoms with Crippen molar-refractivity contribution in [1.29, 1.82) is 0 Å². The quantitative estimate of drug-likeness (QED) is 0.811. The van der Waals surface area contributed by atoms with E-state index < -0.39 is 11.9 Å². The van der Waals surface area contributed by atoms with E-state index in [-0.39, 0.29) is 18.3 Å². The first kappa shape index (κ1) is 11.6. The predicted octanol–water partition coefficient (Wildman–Crippen LogP) is 0.473. The maximum atomic E-state index is 11.7. The van der Waals surface area contributed by atoms with Gasteiger partial charge in [0.15, 0.2) is 5.69 Å². The molecule has 0 fully saturated rings. The van der Waals surface area contributed by atoms with Crippen LogP contribution in [-0.2, 0) is 4.79 Å². The molecular weight excluding hydrogens is 218 g/mol. The van der Waals surface area contributed by atoms with Gasteiger partial charge in [0.1, 0.15) is 6.54 Å². The Morgan fingerprint density at radius 1 is 1.60 bits per heavy atom. The molecule has 1 N–H and O–H groups in total. The molecule has 6 nitrogen and oxygen atoms in total. The molecule has 0 aliphatic rings. The number of carboxylic acid groups (broad SMARTS) is 1. The normalized spacial score (nSPS) is 10.3. The standard InChI is InChI=1S/C8H11N3O3S/c1-5(2)11(3-7(12)13)8(14)6-4-15-10-9-6/h4-5H,3H2,1-2H3,(H,12,13). The van der Waals surface area contributed by atoms with Gasteiger partial charge in [-0.25, -0.2) is 0 Å². The number of amides is 1. The first-order valence-corrected chi connectivity index (χ1v) is 5.16. The van der Waals surface area contributed by atoms with Gasteiger partial charge in [0.2, 0.25) is 0 Å². The van der Waals surface area contributed by atoms with Crippen molar-refractivity contribution >= 4 is 23.4 Å². The molecule has 1 heterocycles. The largest absolute Gasteiger partial charge is 0.480 e. The third-order valence-corrected chi connectivity index (χ3v) is 2.27. The Morgan fingerprint density at radius 3 is 2.67 bits per heavy atom. The summed E-state index contributed by atoms with van der Waals surface area (Å²) in [5.74, 6) is -1.44. The van der Waals surface area contributed by atoms with Crippen LogP contribution in [0.3, 0.4) is 0 Å². The Kier molecular flexibility index (Phi) is 3.73. The van der Waals surface area contributed by atoms with Gasteiger partial charge in [0.25, 0.3) is 5.91 Å². The van der Waals surface area contributed by atoms with Crippen LogP contribution in [0, 0.1) is 0 Å². The van der Waals surface area contributed by atoms with Gasteiger partial charge < -0.3 is 10.0 Å². The summed E-state index contributed by atoms with van der Waals surface area (Å²) in [4.78, 5) is 23.5. The van der Waals surface area contributed by atoms with Gasteiger partial charge >= 0.3 is 5.97 Å². The van der Waals surface area contributed by atoms with E-state index in [4.69, 9.17) is 5.11 Å². The van der Waals surface area contributed by atoms with Crippen molar-refractivity contribution in [3.05, 3.63) is 11.1 Å². The number of rotatable bonds is 4. The molecule has 1 aromatic heterocycles. The summed E-state index contributed by atoms with van der Waals surface area (Å²) in [6.45, 7) is 3.18. The summed E-state index contributed by atoms with van der Waals surface area (Å²) in [7, 11) is 0. The molecule has 1 rings (SSSR count). The molecule has 0 atom stereocenters. The van der Waals surface area contributed by atoms with Gasteiger partial charge in [-0.2, -0.15) is 0 Å². The van der Waals surface area contributed by atoms with Crippen LogP contribution in [0.25, 0.3) is 0 Å². The fraction of sp³-hybridized carbons (Fsp3) is 0.500. The van der Waals surface area contributed by atoms with Gasteiger partial charge in [-0.05, 0) is 25.4 Å². The molecule has 0 aromatic carbocycles. The van der Waals surface area contributed by atoms with Crippen molar-refractivity contribution in [3.8, 4) is 0 Å². The van der Waals surface area contributed by atoms with Gasteiger partial charge in [0.05, 0.1) is 0 Å². The Morgan fingerprint density at radius 2 is 2.27 bits per heavy atom. The summed E-state index contributed by atoms with van der Waals surface area (Å²) in [6.07, 6.45) is 0. The number of nitrogens with zero attached hydrogens (tertiary/aromatic N) is 3. The third-order valence-electron chi connectivity index (χ3n) is 1.77. The summed E-state index contributed by atoms with van der Waals surface area (Å²) >= 11 is 1.06. The van der Waals surface area contributed by atoms with Crippen LogP contribution in [0.15, 0.2) is 5.38 Å². The number of hydrogen-bond donors (Lipinski definition) is 1. The van der Waals surface area contributed by atoms with Crippen LogP contribution in [0.5, 0.6) is 0 Å². The van der Waals surface area contributed by atoms with Crippen LogP contribution < -0.4 is 0 Å². The van der Waals surface area contributed by atoms with E-state index >= 15 is 0 Å². The Labute approximate surface area is 90.7 Å². The van der Waals surface area contributed by atoms with E-state index in [9.17, 15) is 9.59 Å². The lowest BCUT2D eigenvalue weighted by Crippen LogP contribution is -2.40. The minimum atomic E-state index is -1.04.